The Labute approximate surface area is 128 Å². The van der Waals surface area contributed by atoms with Crippen molar-refractivity contribution in [2.24, 2.45) is 0 Å². The number of hydrogen-bond donors (Lipinski definition) is 2. The Morgan fingerprint density at radius 2 is 2.00 bits per heavy atom. The van der Waals surface area contributed by atoms with Crippen LogP contribution in [0.15, 0.2) is 30.3 Å². The third kappa shape index (κ3) is 4.42. The highest BCUT2D eigenvalue weighted by Crippen LogP contribution is 2.19. The van der Waals surface area contributed by atoms with Gasteiger partial charge in [0, 0.05) is 20.2 Å². The molecule has 0 unspecified atom stereocenters. The molecule has 0 atom stereocenters. The molecule has 0 aliphatic carbocycles. The number of methoxy groups -OCH3 is 1. The average Bonchev–Trinajstić information content (AvgIpc) is 2.50. The molecule has 1 aliphatic rings. The van der Waals surface area contributed by atoms with E-state index < -0.39 is 17.7 Å². The second-order valence-electron chi connectivity index (χ2n) is 4.96. The Bertz CT molecular complexity index is 516. The van der Waals surface area contributed by atoms with Gasteiger partial charge in [-0.3, -0.25) is 4.79 Å². The molecule has 22 heavy (non-hydrogen) atoms. The summed E-state index contributed by atoms with van der Waals surface area (Å²) in [5.74, 6) is -0.452. The van der Waals surface area contributed by atoms with E-state index in [2.05, 4.69) is 10.6 Å². The first-order chi connectivity index (χ1) is 10.5. The standard InChI is InChI=1S/C14H18N3O5/c1-21-14(9-17(20)10-14)16-12(18)7-15-13(19)22-8-11-5-3-2-4-6-11/h2-6H,7-10H2,1H3,(H,15,19)(H,16,18)/q-1. The summed E-state index contributed by atoms with van der Waals surface area (Å²) in [5.41, 5.74) is -0.112. The molecule has 2 rings (SSSR count). The van der Waals surface area contributed by atoms with E-state index in [0.29, 0.717) is 0 Å². The van der Waals surface area contributed by atoms with E-state index in [1.165, 1.54) is 7.11 Å². The van der Waals surface area contributed by atoms with Crippen molar-refractivity contribution in [1.29, 1.82) is 0 Å². The average molecular weight is 308 g/mol. The van der Waals surface area contributed by atoms with Crippen molar-refractivity contribution in [2.45, 2.75) is 12.3 Å². The maximum Gasteiger partial charge on any atom is 0.407 e. The first kappa shape index (κ1) is 16.2. The van der Waals surface area contributed by atoms with E-state index in [1.807, 2.05) is 30.3 Å². The van der Waals surface area contributed by atoms with Crippen molar-refractivity contribution in [2.75, 3.05) is 26.7 Å². The minimum atomic E-state index is -0.964. The van der Waals surface area contributed by atoms with Crippen LogP contribution in [0, 0.1) is 5.21 Å². The van der Waals surface area contributed by atoms with Crippen molar-refractivity contribution < 1.29 is 19.1 Å². The fraction of sp³-hybridized carbons (Fsp3) is 0.429. The molecule has 1 saturated heterocycles. The summed E-state index contributed by atoms with van der Waals surface area (Å²) in [6.07, 6.45) is -0.690. The van der Waals surface area contributed by atoms with E-state index in [9.17, 15) is 14.8 Å². The van der Waals surface area contributed by atoms with Gasteiger partial charge < -0.3 is 30.4 Å². The molecule has 1 aromatic carbocycles. The van der Waals surface area contributed by atoms with Crippen molar-refractivity contribution in [3.63, 3.8) is 0 Å². The summed E-state index contributed by atoms with van der Waals surface area (Å²) < 4.78 is 10.1. The van der Waals surface area contributed by atoms with E-state index in [1.54, 1.807) is 0 Å². The van der Waals surface area contributed by atoms with Gasteiger partial charge in [-0.05, 0) is 5.56 Å². The van der Waals surface area contributed by atoms with Crippen LogP contribution in [0.2, 0.25) is 0 Å². The summed E-state index contributed by atoms with van der Waals surface area (Å²) in [6.45, 7) is 0.000417. The van der Waals surface area contributed by atoms with Gasteiger partial charge in [0.05, 0.1) is 0 Å². The first-order valence-corrected chi connectivity index (χ1v) is 6.76. The Morgan fingerprint density at radius 3 is 2.59 bits per heavy atom. The molecule has 1 heterocycles. The topological polar surface area (TPSA) is 103 Å². The third-order valence-electron chi connectivity index (χ3n) is 3.23. The number of amides is 2. The number of hydroxylamine groups is 2. The van der Waals surface area contributed by atoms with Gasteiger partial charge >= 0.3 is 6.09 Å². The fourth-order valence-electron chi connectivity index (χ4n) is 2.01. The Balaban J connectivity index is 1.66. The molecule has 1 aliphatic heterocycles. The highest BCUT2D eigenvalue weighted by atomic mass is 16.6. The second kappa shape index (κ2) is 7.21. The van der Waals surface area contributed by atoms with Gasteiger partial charge in [-0.15, -0.1) is 0 Å². The molecular formula is C14H18N3O5-. The summed E-state index contributed by atoms with van der Waals surface area (Å²) >= 11 is 0. The predicted molar refractivity (Wildman–Crippen MR) is 77.5 cm³/mol. The SMILES string of the molecule is COC1(NC(=O)CNC(=O)OCc2ccccc2)CN([O-])C1. The maximum absolute atomic E-state index is 11.7. The highest BCUT2D eigenvalue weighted by molar-refractivity contribution is 5.82. The van der Waals surface area contributed by atoms with Crippen LogP contribution < -0.4 is 10.6 Å². The number of carbonyl (C=O) groups is 2. The maximum atomic E-state index is 11.7. The van der Waals surface area contributed by atoms with Crippen LogP contribution in [0.1, 0.15) is 5.56 Å². The summed E-state index contributed by atoms with van der Waals surface area (Å²) in [6, 6.07) is 9.20. The van der Waals surface area contributed by atoms with Crippen molar-refractivity contribution in [3.8, 4) is 0 Å². The zero-order chi connectivity index (χ0) is 16.0. The summed E-state index contributed by atoms with van der Waals surface area (Å²) in [7, 11) is 1.41. The zero-order valence-corrected chi connectivity index (χ0v) is 12.2. The minimum absolute atomic E-state index is 0.0632. The Morgan fingerprint density at radius 1 is 1.32 bits per heavy atom. The number of benzene rings is 1. The Hall–Kier alpha value is -2.16. The predicted octanol–water partition coefficient (Wildman–Crippen LogP) is 0.185. The van der Waals surface area contributed by atoms with Crippen LogP contribution in [-0.2, 0) is 20.9 Å². The molecule has 0 spiro atoms. The number of nitrogens with zero attached hydrogens (tertiary/aromatic N) is 1. The summed E-state index contributed by atoms with van der Waals surface area (Å²) in [5, 5.41) is 16.6. The number of hydrogen-bond acceptors (Lipinski definition) is 6. The van der Waals surface area contributed by atoms with Gasteiger partial charge in [-0.25, -0.2) is 4.79 Å². The molecule has 0 aromatic heterocycles. The van der Waals surface area contributed by atoms with Crippen LogP contribution in [0.4, 0.5) is 4.79 Å². The molecule has 8 heteroatoms. The molecule has 1 aromatic rings. The minimum Gasteiger partial charge on any atom is -0.785 e. The van der Waals surface area contributed by atoms with Crippen molar-refractivity contribution in [3.05, 3.63) is 41.1 Å². The quantitative estimate of drug-likeness (QED) is 0.727. The lowest BCUT2D eigenvalue weighted by atomic mass is 10.1. The normalized spacial score (nSPS) is 16.5. The van der Waals surface area contributed by atoms with Gasteiger partial charge in [0.1, 0.15) is 13.2 Å². The van der Waals surface area contributed by atoms with Crippen LogP contribution in [0.25, 0.3) is 0 Å². The fourth-order valence-corrected chi connectivity index (χ4v) is 2.01. The van der Waals surface area contributed by atoms with Crippen molar-refractivity contribution in [1.82, 2.24) is 15.7 Å². The van der Waals surface area contributed by atoms with E-state index in [0.717, 1.165) is 10.6 Å². The lowest BCUT2D eigenvalue weighted by Crippen LogP contribution is -2.70. The number of ether oxygens (including phenoxy) is 2. The number of rotatable bonds is 6. The molecule has 0 bridgehead atoms. The zero-order valence-electron chi connectivity index (χ0n) is 12.2. The lowest BCUT2D eigenvalue weighted by molar-refractivity contribution is -0.151. The van der Waals surface area contributed by atoms with Crippen LogP contribution >= 0.6 is 0 Å². The molecule has 0 radical (unpaired) electrons. The smallest absolute Gasteiger partial charge is 0.407 e. The third-order valence-corrected chi connectivity index (χ3v) is 3.23. The van der Waals surface area contributed by atoms with E-state index in [4.69, 9.17) is 9.47 Å². The van der Waals surface area contributed by atoms with Gasteiger partial charge in [0.2, 0.25) is 5.91 Å². The summed E-state index contributed by atoms with van der Waals surface area (Å²) in [4.78, 5) is 23.2. The van der Waals surface area contributed by atoms with Gasteiger partial charge in [-0.1, -0.05) is 30.3 Å². The molecule has 2 N–H and O–H groups in total. The second-order valence-corrected chi connectivity index (χ2v) is 4.96. The van der Waals surface area contributed by atoms with Gasteiger partial charge in [0.25, 0.3) is 0 Å². The molecule has 2 amide bonds. The van der Waals surface area contributed by atoms with Crippen LogP contribution in [-0.4, -0.2) is 49.5 Å². The van der Waals surface area contributed by atoms with Crippen LogP contribution in [0.5, 0.6) is 0 Å². The van der Waals surface area contributed by atoms with Gasteiger partial charge in [0.15, 0.2) is 5.72 Å². The Kier molecular flexibility index (Phi) is 5.31. The monoisotopic (exact) mass is 308 g/mol. The highest BCUT2D eigenvalue weighted by Gasteiger charge is 2.40. The van der Waals surface area contributed by atoms with E-state index >= 15 is 0 Å². The van der Waals surface area contributed by atoms with Crippen LogP contribution in [0.3, 0.4) is 0 Å². The molecular weight excluding hydrogens is 290 g/mol. The number of nitrogens with one attached hydrogen (secondary N) is 2. The first-order valence-electron chi connectivity index (χ1n) is 6.76. The van der Waals surface area contributed by atoms with Crippen molar-refractivity contribution >= 4 is 12.0 Å². The largest absolute Gasteiger partial charge is 0.785 e. The number of carbonyl (C=O) groups excluding carboxylic acids is 2. The lowest BCUT2D eigenvalue weighted by Gasteiger charge is -2.53. The molecule has 120 valence electrons. The van der Waals surface area contributed by atoms with Gasteiger partial charge in [-0.2, -0.15) is 0 Å². The molecule has 1 fully saturated rings. The molecule has 0 saturated carbocycles. The number of alkyl carbamates (subject to hydrolysis) is 1. The molecule has 8 nitrogen and oxygen atoms in total. The van der Waals surface area contributed by atoms with E-state index in [-0.39, 0.29) is 26.2 Å².